The highest BCUT2D eigenvalue weighted by Crippen LogP contribution is 2.22. The molecule has 0 radical (unpaired) electrons. The average Bonchev–Trinajstić information content (AvgIpc) is 2.69. The number of nitrogens with one attached hydrogen (secondary N) is 1. The maximum atomic E-state index is 13.9. The van der Waals surface area contributed by atoms with E-state index in [4.69, 9.17) is 4.74 Å². The van der Waals surface area contributed by atoms with Crippen LogP contribution in [0.2, 0.25) is 0 Å². The lowest BCUT2D eigenvalue weighted by Crippen LogP contribution is -2.35. The van der Waals surface area contributed by atoms with E-state index in [9.17, 15) is 4.39 Å². The molecule has 134 valence electrons. The molecule has 0 bridgehead atoms. The molecule has 0 aliphatic carbocycles. The minimum Gasteiger partial charge on any atom is -0.379 e. The predicted molar refractivity (Wildman–Crippen MR) is 99.4 cm³/mol. The van der Waals surface area contributed by atoms with Crippen molar-refractivity contribution in [3.63, 3.8) is 0 Å². The van der Waals surface area contributed by atoms with Gasteiger partial charge in [-0.2, -0.15) is 0 Å². The third-order valence-corrected chi connectivity index (χ3v) is 4.68. The molecule has 0 saturated carbocycles. The number of fused-ring (bicyclic) bond motifs is 1. The zero-order chi connectivity index (χ0) is 17.8. The van der Waals surface area contributed by atoms with Crippen LogP contribution < -0.4 is 5.32 Å². The fourth-order valence-electron chi connectivity index (χ4n) is 3.26. The van der Waals surface area contributed by atoms with Crippen molar-refractivity contribution in [1.82, 2.24) is 14.9 Å². The van der Waals surface area contributed by atoms with Gasteiger partial charge in [-0.1, -0.05) is 30.3 Å². The Bertz CT molecular complexity index is 896. The van der Waals surface area contributed by atoms with E-state index >= 15 is 0 Å². The number of hydrogen-bond acceptors (Lipinski definition) is 5. The van der Waals surface area contributed by atoms with Gasteiger partial charge in [0.05, 0.1) is 13.2 Å². The molecule has 0 atom stereocenters. The van der Waals surface area contributed by atoms with Crippen LogP contribution in [0.15, 0.2) is 48.8 Å². The van der Waals surface area contributed by atoms with Crippen LogP contribution in [-0.4, -0.2) is 41.2 Å². The quantitative estimate of drug-likeness (QED) is 0.764. The highest BCUT2D eigenvalue weighted by Gasteiger charge is 2.13. The summed E-state index contributed by atoms with van der Waals surface area (Å²) in [5.41, 5.74) is 2.83. The van der Waals surface area contributed by atoms with E-state index in [1.54, 1.807) is 6.07 Å². The third kappa shape index (κ3) is 3.66. The fraction of sp³-hybridized carbons (Fsp3) is 0.300. The first-order valence-corrected chi connectivity index (χ1v) is 8.81. The van der Waals surface area contributed by atoms with Crippen LogP contribution in [0.1, 0.15) is 11.1 Å². The highest BCUT2D eigenvalue weighted by molar-refractivity contribution is 5.89. The summed E-state index contributed by atoms with van der Waals surface area (Å²) in [6, 6.07) is 13.3. The van der Waals surface area contributed by atoms with Crippen molar-refractivity contribution < 1.29 is 9.13 Å². The molecule has 1 fully saturated rings. The van der Waals surface area contributed by atoms with Gasteiger partial charge in [-0.15, -0.1) is 0 Å². The summed E-state index contributed by atoms with van der Waals surface area (Å²) in [4.78, 5) is 10.7. The van der Waals surface area contributed by atoms with Gasteiger partial charge in [0, 0.05) is 31.6 Å². The number of anilines is 1. The summed E-state index contributed by atoms with van der Waals surface area (Å²) in [6.07, 6.45) is 1.40. The van der Waals surface area contributed by atoms with Gasteiger partial charge in [-0.05, 0) is 23.3 Å². The second-order valence-corrected chi connectivity index (χ2v) is 6.37. The second-order valence-electron chi connectivity index (χ2n) is 6.37. The maximum absolute atomic E-state index is 13.9. The number of halogens is 1. The van der Waals surface area contributed by atoms with Crippen molar-refractivity contribution in [3.05, 3.63) is 65.7 Å². The maximum Gasteiger partial charge on any atom is 0.149 e. The van der Waals surface area contributed by atoms with Gasteiger partial charge < -0.3 is 10.1 Å². The molecule has 1 aliphatic heterocycles. The lowest BCUT2D eigenvalue weighted by atomic mass is 10.1. The Balaban J connectivity index is 1.53. The molecule has 0 spiro atoms. The Morgan fingerprint density at radius 2 is 1.81 bits per heavy atom. The van der Waals surface area contributed by atoms with E-state index in [-0.39, 0.29) is 5.82 Å². The Morgan fingerprint density at radius 3 is 2.65 bits per heavy atom. The molecule has 5 nitrogen and oxygen atoms in total. The summed E-state index contributed by atoms with van der Waals surface area (Å²) in [5, 5.41) is 4.04. The second kappa shape index (κ2) is 7.76. The van der Waals surface area contributed by atoms with E-state index in [1.807, 2.05) is 12.1 Å². The average molecular weight is 352 g/mol. The number of para-hydroxylation sites is 1. The minimum atomic E-state index is -0.333. The summed E-state index contributed by atoms with van der Waals surface area (Å²) < 4.78 is 19.3. The summed E-state index contributed by atoms with van der Waals surface area (Å²) >= 11 is 0. The molecule has 6 heteroatoms. The normalized spacial score (nSPS) is 15.3. The van der Waals surface area contributed by atoms with Gasteiger partial charge >= 0.3 is 0 Å². The number of benzene rings is 2. The summed E-state index contributed by atoms with van der Waals surface area (Å²) in [6.45, 7) is 5.02. The van der Waals surface area contributed by atoms with Gasteiger partial charge in [0.2, 0.25) is 0 Å². The van der Waals surface area contributed by atoms with Crippen molar-refractivity contribution >= 4 is 16.7 Å². The number of nitrogens with zero attached hydrogens (tertiary/aromatic N) is 3. The molecule has 0 amide bonds. The van der Waals surface area contributed by atoms with Crippen molar-refractivity contribution in [2.45, 2.75) is 13.1 Å². The molecule has 2 aromatic carbocycles. The Hall–Kier alpha value is -2.57. The molecule has 1 N–H and O–H groups in total. The van der Waals surface area contributed by atoms with Crippen LogP contribution in [0.3, 0.4) is 0 Å². The number of morpholine rings is 1. The first kappa shape index (κ1) is 16.9. The standard InChI is InChI=1S/C20H21FN4O/c21-18-7-3-6-17-19(18)23-14-24-20(17)22-12-15-4-1-2-5-16(15)13-25-8-10-26-11-9-25/h1-7,14H,8-13H2,(H,22,23,24). The number of hydrogen-bond donors (Lipinski definition) is 1. The Morgan fingerprint density at radius 1 is 1.00 bits per heavy atom. The van der Waals surface area contributed by atoms with E-state index in [0.717, 1.165) is 32.8 Å². The van der Waals surface area contributed by atoms with Gasteiger partial charge in [0.15, 0.2) is 0 Å². The number of ether oxygens (including phenoxy) is 1. The van der Waals surface area contributed by atoms with Gasteiger partial charge in [-0.25, -0.2) is 14.4 Å². The van der Waals surface area contributed by atoms with Crippen LogP contribution in [0.4, 0.5) is 10.2 Å². The smallest absolute Gasteiger partial charge is 0.149 e. The first-order chi connectivity index (χ1) is 12.8. The minimum absolute atomic E-state index is 0.333. The van der Waals surface area contributed by atoms with Crippen LogP contribution >= 0.6 is 0 Å². The molecule has 3 aromatic rings. The van der Waals surface area contributed by atoms with Crippen molar-refractivity contribution in [2.75, 3.05) is 31.6 Å². The van der Waals surface area contributed by atoms with Crippen molar-refractivity contribution in [2.24, 2.45) is 0 Å². The van der Waals surface area contributed by atoms with Crippen LogP contribution in [-0.2, 0) is 17.8 Å². The molecule has 4 rings (SSSR count). The molecule has 1 aliphatic rings. The highest BCUT2D eigenvalue weighted by atomic mass is 19.1. The van der Waals surface area contributed by atoms with Crippen molar-refractivity contribution in [1.29, 1.82) is 0 Å². The molecule has 1 aromatic heterocycles. The van der Waals surface area contributed by atoms with Crippen LogP contribution in [0, 0.1) is 5.82 Å². The fourth-order valence-corrected chi connectivity index (χ4v) is 3.26. The van der Waals surface area contributed by atoms with Crippen LogP contribution in [0.25, 0.3) is 10.9 Å². The Labute approximate surface area is 151 Å². The predicted octanol–water partition coefficient (Wildman–Crippen LogP) is 3.21. The number of rotatable bonds is 5. The van der Waals surface area contributed by atoms with Gasteiger partial charge in [0.25, 0.3) is 0 Å². The summed E-state index contributed by atoms with van der Waals surface area (Å²) in [7, 11) is 0. The monoisotopic (exact) mass is 352 g/mol. The SMILES string of the molecule is Fc1cccc2c(NCc3ccccc3CN3CCOCC3)ncnc12. The van der Waals surface area contributed by atoms with E-state index in [2.05, 4.69) is 38.4 Å². The molecular formula is C20H21FN4O. The summed E-state index contributed by atoms with van der Waals surface area (Å²) in [5.74, 6) is 0.316. The number of aromatic nitrogens is 2. The van der Waals surface area contributed by atoms with Crippen molar-refractivity contribution in [3.8, 4) is 0 Å². The molecule has 26 heavy (non-hydrogen) atoms. The molecular weight excluding hydrogens is 331 g/mol. The van der Waals surface area contributed by atoms with Gasteiger partial charge in [0.1, 0.15) is 23.5 Å². The van der Waals surface area contributed by atoms with E-state index in [0.29, 0.717) is 23.3 Å². The zero-order valence-electron chi connectivity index (χ0n) is 14.5. The van der Waals surface area contributed by atoms with E-state index in [1.165, 1.54) is 23.5 Å². The van der Waals surface area contributed by atoms with Crippen LogP contribution in [0.5, 0.6) is 0 Å². The first-order valence-electron chi connectivity index (χ1n) is 8.81. The molecule has 1 saturated heterocycles. The lowest BCUT2D eigenvalue weighted by Gasteiger charge is -2.27. The van der Waals surface area contributed by atoms with E-state index < -0.39 is 0 Å². The molecule has 2 heterocycles. The third-order valence-electron chi connectivity index (χ3n) is 4.68. The topological polar surface area (TPSA) is 50.3 Å². The lowest BCUT2D eigenvalue weighted by molar-refractivity contribution is 0.0341. The van der Waals surface area contributed by atoms with Gasteiger partial charge in [-0.3, -0.25) is 4.90 Å². The largest absolute Gasteiger partial charge is 0.379 e. The Kier molecular flexibility index (Phi) is 5.04. The zero-order valence-corrected chi connectivity index (χ0v) is 14.5. The molecule has 0 unspecified atom stereocenters.